The third-order valence-corrected chi connectivity index (χ3v) is 8.07. The molecule has 1 atom stereocenters. The fourth-order valence-electron chi connectivity index (χ4n) is 3.24. The molecule has 1 amide bonds. The smallest absolute Gasteiger partial charge is 0.417 e. The van der Waals surface area contributed by atoms with Crippen molar-refractivity contribution in [3.63, 3.8) is 0 Å². The molecule has 8 nitrogen and oxygen atoms in total. The van der Waals surface area contributed by atoms with Gasteiger partial charge in [-0.2, -0.15) is 18.4 Å². The molecule has 0 fully saturated rings. The van der Waals surface area contributed by atoms with Crippen molar-refractivity contribution < 1.29 is 37.6 Å². The van der Waals surface area contributed by atoms with Gasteiger partial charge in [-0.1, -0.05) is 0 Å². The van der Waals surface area contributed by atoms with Crippen molar-refractivity contribution in [1.29, 1.82) is 5.26 Å². The number of fused-ring (bicyclic) bond motifs is 1. The number of phenols is 2. The number of carbonyl (C=O) groups is 1. The molecule has 14 heteroatoms. The summed E-state index contributed by atoms with van der Waals surface area (Å²) in [6, 6.07) is 15.3. The number of aromatic hydroxyl groups is 2. The number of rotatable bonds is 8. The maximum absolute atomic E-state index is 13.1. The van der Waals surface area contributed by atoms with Crippen LogP contribution >= 0.6 is 31.7 Å². The maximum Gasteiger partial charge on any atom is 0.417 e. The number of amides is 1. The highest BCUT2D eigenvalue weighted by atomic mass is 32.2. The SMILES string of the molecule is N#Cc1ccc(OP(O)CNSc2cc3cc(NC(=O)c4ccc(O)c(O)c4)ccc3s2)cc1C(F)(F)F. The van der Waals surface area contributed by atoms with Crippen LogP contribution in [-0.2, 0) is 6.18 Å². The summed E-state index contributed by atoms with van der Waals surface area (Å²) in [5.74, 6) is -1.40. The standard InChI is InChI=1S/C24H17F3N3O5PS2/c25-24(26,27)18-10-17(4-1-14(18)11-28)35-36(34)12-29-38-22-9-15-7-16(3-6-21(15)37-22)30-23(33)13-2-5-19(31)20(32)8-13/h1-10,29,31-32,34H,12H2,(H,30,33). The summed E-state index contributed by atoms with van der Waals surface area (Å²) >= 11 is 2.65. The average Bonchev–Trinajstić information content (AvgIpc) is 3.27. The van der Waals surface area contributed by atoms with Gasteiger partial charge >= 0.3 is 6.18 Å². The van der Waals surface area contributed by atoms with Crippen LogP contribution in [0.2, 0.25) is 0 Å². The van der Waals surface area contributed by atoms with E-state index in [2.05, 4.69) is 10.0 Å². The zero-order valence-corrected chi connectivity index (χ0v) is 21.5. The van der Waals surface area contributed by atoms with E-state index >= 15 is 0 Å². The Kier molecular flexibility index (Phi) is 8.30. The predicted molar refractivity (Wildman–Crippen MR) is 139 cm³/mol. The summed E-state index contributed by atoms with van der Waals surface area (Å²) in [7, 11) is -2.14. The third kappa shape index (κ3) is 6.66. The summed E-state index contributed by atoms with van der Waals surface area (Å²) in [6.07, 6.45) is -4.77. The maximum atomic E-state index is 13.1. The molecule has 5 N–H and O–H groups in total. The Bertz CT molecular complexity index is 1540. The van der Waals surface area contributed by atoms with Gasteiger partial charge < -0.3 is 24.9 Å². The van der Waals surface area contributed by atoms with Crippen molar-refractivity contribution in [2.24, 2.45) is 0 Å². The van der Waals surface area contributed by atoms with Gasteiger partial charge in [0.2, 0.25) is 8.38 Å². The second-order valence-corrected chi connectivity index (χ2v) is 11.1. The fraction of sp³-hybridized carbons (Fsp3) is 0.0833. The molecule has 3 aromatic carbocycles. The van der Waals surface area contributed by atoms with Crippen LogP contribution in [0.5, 0.6) is 17.2 Å². The van der Waals surface area contributed by atoms with Crippen LogP contribution in [-0.4, -0.2) is 27.3 Å². The minimum atomic E-state index is -4.73. The van der Waals surface area contributed by atoms with Crippen LogP contribution < -0.4 is 14.6 Å². The number of nitriles is 1. The average molecular weight is 580 g/mol. The number of halogens is 3. The van der Waals surface area contributed by atoms with Gasteiger partial charge in [-0.3, -0.25) is 4.79 Å². The van der Waals surface area contributed by atoms with E-state index < -0.39 is 37.3 Å². The summed E-state index contributed by atoms with van der Waals surface area (Å²) in [6.45, 7) is 0. The quantitative estimate of drug-likeness (QED) is 0.0921. The van der Waals surface area contributed by atoms with Crippen LogP contribution in [0, 0.1) is 11.3 Å². The van der Waals surface area contributed by atoms with Gasteiger partial charge in [0.05, 0.1) is 27.7 Å². The Morgan fingerprint density at radius 1 is 1.08 bits per heavy atom. The van der Waals surface area contributed by atoms with Crippen LogP contribution in [0.4, 0.5) is 18.9 Å². The van der Waals surface area contributed by atoms with E-state index in [9.17, 15) is 33.1 Å². The molecule has 4 aromatic rings. The van der Waals surface area contributed by atoms with Crippen LogP contribution in [0.3, 0.4) is 0 Å². The lowest BCUT2D eigenvalue weighted by atomic mass is 10.1. The molecule has 196 valence electrons. The molecule has 0 aliphatic heterocycles. The van der Waals surface area contributed by atoms with E-state index in [1.165, 1.54) is 47.6 Å². The Hall–Kier alpha value is -3.53. The third-order valence-electron chi connectivity index (χ3n) is 4.99. The van der Waals surface area contributed by atoms with E-state index in [0.29, 0.717) is 11.8 Å². The lowest BCUT2D eigenvalue weighted by Crippen LogP contribution is -2.11. The summed E-state index contributed by atoms with van der Waals surface area (Å²) in [4.78, 5) is 22.6. The van der Waals surface area contributed by atoms with Crippen molar-refractivity contribution in [2.75, 3.05) is 11.6 Å². The van der Waals surface area contributed by atoms with Gasteiger partial charge in [-0.15, -0.1) is 11.3 Å². The van der Waals surface area contributed by atoms with E-state index in [0.717, 1.165) is 26.4 Å². The lowest BCUT2D eigenvalue weighted by Gasteiger charge is -2.14. The second-order valence-electron chi connectivity index (χ2n) is 7.64. The van der Waals surface area contributed by atoms with Crippen LogP contribution in [0.1, 0.15) is 21.5 Å². The molecule has 0 saturated carbocycles. The van der Waals surface area contributed by atoms with Gasteiger partial charge in [0.25, 0.3) is 5.91 Å². The molecule has 0 spiro atoms. The normalized spacial score (nSPS) is 12.2. The minimum absolute atomic E-state index is 0.0453. The lowest BCUT2D eigenvalue weighted by molar-refractivity contribution is -0.137. The second kappa shape index (κ2) is 11.5. The zero-order valence-electron chi connectivity index (χ0n) is 19.0. The largest absolute Gasteiger partial charge is 0.504 e. The molecule has 0 saturated heterocycles. The first kappa shape index (κ1) is 27.5. The van der Waals surface area contributed by atoms with E-state index in [4.69, 9.17) is 9.79 Å². The number of nitrogens with one attached hydrogen (secondary N) is 2. The molecule has 1 unspecified atom stereocenters. The number of carbonyl (C=O) groups excluding carboxylic acids is 1. The Morgan fingerprint density at radius 3 is 2.58 bits per heavy atom. The molecular weight excluding hydrogens is 562 g/mol. The highest BCUT2D eigenvalue weighted by Gasteiger charge is 2.34. The van der Waals surface area contributed by atoms with Gasteiger partial charge in [-0.25, -0.2) is 4.72 Å². The molecule has 0 aliphatic rings. The van der Waals surface area contributed by atoms with Crippen LogP contribution in [0.15, 0.2) is 64.9 Å². The molecule has 1 aromatic heterocycles. The molecule has 38 heavy (non-hydrogen) atoms. The minimum Gasteiger partial charge on any atom is -0.504 e. The first-order valence-electron chi connectivity index (χ1n) is 10.6. The molecule has 1 heterocycles. The van der Waals surface area contributed by atoms with E-state index in [1.54, 1.807) is 12.1 Å². The number of hydrogen-bond acceptors (Lipinski definition) is 9. The van der Waals surface area contributed by atoms with Crippen LogP contribution in [0.25, 0.3) is 10.1 Å². The summed E-state index contributed by atoms with van der Waals surface area (Å²) < 4.78 is 49.2. The van der Waals surface area contributed by atoms with Crippen molar-refractivity contribution in [3.05, 3.63) is 77.4 Å². The zero-order chi connectivity index (χ0) is 27.4. The van der Waals surface area contributed by atoms with Gasteiger partial charge in [-0.05, 0) is 78.0 Å². The van der Waals surface area contributed by atoms with Crippen molar-refractivity contribution >= 4 is 53.3 Å². The monoisotopic (exact) mass is 579 g/mol. The molecular formula is C24H17F3N3O5PS2. The van der Waals surface area contributed by atoms with Crippen molar-refractivity contribution in [1.82, 2.24) is 4.72 Å². The summed E-state index contributed by atoms with van der Waals surface area (Å²) in [5.41, 5.74) is -0.979. The first-order valence-corrected chi connectivity index (χ1v) is 13.6. The Balaban J connectivity index is 1.33. The molecule has 0 radical (unpaired) electrons. The molecule has 4 rings (SSSR count). The topological polar surface area (TPSA) is 135 Å². The highest BCUT2D eigenvalue weighted by Crippen LogP contribution is 2.39. The van der Waals surface area contributed by atoms with Gasteiger partial charge in [0.1, 0.15) is 5.75 Å². The van der Waals surface area contributed by atoms with Gasteiger partial charge in [0.15, 0.2) is 11.5 Å². The number of phenolic OH excluding ortho intramolecular Hbond substituents is 2. The van der Waals surface area contributed by atoms with Crippen molar-refractivity contribution in [2.45, 2.75) is 10.4 Å². The number of alkyl halides is 3. The summed E-state index contributed by atoms with van der Waals surface area (Å²) in [5, 5.41) is 31.4. The number of hydrogen-bond donors (Lipinski definition) is 5. The van der Waals surface area contributed by atoms with Crippen molar-refractivity contribution in [3.8, 4) is 23.3 Å². The number of nitrogens with zero attached hydrogens (tertiary/aromatic N) is 1. The molecule has 0 aliphatic carbocycles. The number of anilines is 1. The fourth-order valence-corrected chi connectivity index (χ4v) is 6.08. The number of benzene rings is 3. The number of thiophene rings is 1. The van der Waals surface area contributed by atoms with E-state index in [-0.39, 0.29) is 23.3 Å². The molecule has 0 bridgehead atoms. The highest BCUT2D eigenvalue weighted by molar-refractivity contribution is 7.99. The van der Waals surface area contributed by atoms with Gasteiger partial charge in [0, 0.05) is 16.0 Å². The Labute approximate surface area is 223 Å². The van der Waals surface area contributed by atoms with E-state index in [1.807, 2.05) is 12.1 Å². The predicted octanol–water partition coefficient (Wildman–Crippen LogP) is 6.39. The first-order chi connectivity index (χ1) is 18.0. The Morgan fingerprint density at radius 2 is 1.87 bits per heavy atom.